The third-order valence-corrected chi connectivity index (χ3v) is 4.99. The van der Waals surface area contributed by atoms with Crippen molar-refractivity contribution >= 4 is 32.5 Å². The Labute approximate surface area is 149 Å². The summed E-state index contributed by atoms with van der Waals surface area (Å²) in [6, 6.07) is 11.5. The van der Waals surface area contributed by atoms with Gasteiger partial charge in [0.25, 0.3) is 5.56 Å². The summed E-state index contributed by atoms with van der Waals surface area (Å²) in [7, 11) is 0. The van der Waals surface area contributed by atoms with Crippen LogP contribution in [0, 0.1) is 0 Å². The molecule has 0 bridgehead atoms. The van der Waals surface area contributed by atoms with E-state index in [1.165, 1.54) is 5.56 Å². The summed E-state index contributed by atoms with van der Waals surface area (Å²) in [6.07, 6.45) is 0.967. The summed E-state index contributed by atoms with van der Waals surface area (Å²) < 4.78 is 2.38. The molecule has 0 aliphatic rings. The number of nitrogens with zero attached hydrogens (tertiary/aromatic N) is 2. The van der Waals surface area contributed by atoms with Crippen LogP contribution in [0.25, 0.3) is 16.6 Å². The van der Waals surface area contributed by atoms with Crippen molar-refractivity contribution in [2.24, 2.45) is 0 Å². The van der Waals surface area contributed by atoms with Crippen molar-refractivity contribution in [3.63, 3.8) is 0 Å². The molecule has 0 radical (unpaired) electrons. The first-order valence-corrected chi connectivity index (χ1v) is 8.83. The standard InChI is InChI=1S/C19H20BrN3O/c1-4-12-5-7-13(8-6-12)23-18(11(2)3)22-17-14(19(23)24)9-10-15(21)16(17)20/h5-11H,4,21H2,1-3H3. The Morgan fingerprint density at radius 3 is 2.42 bits per heavy atom. The first-order chi connectivity index (χ1) is 11.4. The highest BCUT2D eigenvalue weighted by molar-refractivity contribution is 9.10. The maximum atomic E-state index is 13.1. The van der Waals surface area contributed by atoms with E-state index in [0.29, 0.717) is 21.1 Å². The van der Waals surface area contributed by atoms with Crippen LogP contribution in [0.2, 0.25) is 0 Å². The van der Waals surface area contributed by atoms with E-state index >= 15 is 0 Å². The number of fused-ring (bicyclic) bond motifs is 1. The van der Waals surface area contributed by atoms with Gasteiger partial charge >= 0.3 is 0 Å². The van der Waals surface area contributed by atoms with Crippen molar-refractivity contribution in [2.45, 2.75) is 33.1 Å². The summed E-state index contributed by atoms with van der Waals surface area (Å²) >= 11 is 3.46. The van der Waals surface area contributed by atoms with Crippen LogP contribution in [0.1, 0.15) is 38.1 Å². The molecule has 0 aliphatic heterocycles. The normalized spacial score (nSPS) is 11.4. The van der Waals surface area contributed by atoms with E-state index in [1.54, 1.807) is 16.7 Å². The van der Waals surface area contributed by atoms with Crippen LogP contribution in [-0.4, -0.2) is 9.55 Å². The van der Waals surface area contributed by atoms with Crippen LogP contribution >= 0.6 is 15.9 Å². The van der Waals surface area contributed by atoms with Crippen LogP contribution in [0.3, 0.4) is 0 Å². The van der Waals surface area contributed by atoms with Gasteiger partial charge in [-0.25, -0.2) is 4.98 Å². The fourth-order valence-corrected chi connectivity index (χ4v) is 3.20. The quantitative estimate of drug-likeness (QED) is 0.678. The smallest absolute Gasteiger partial charge is 0.266 e. The Morgan fingerprint density at radius 2 is 1.83 bits per heavy atom. The lowest BCUT2D eigenvalue weighted by Gasteiger charge is -2.17. The molecule has 124 valence electrons. The second-order valence-corrected chi connectivity index (χ2v) is 6.94. The number of anilines is 1. The molecular formula is C19H20BrN3O. The SMILES string of the molecule is CCc1ccc(-n2c(C(C)C)nc3c(Br)c(N)ccc3c2=O)cc1. The maximum Gasteiger partial charge on any atom is 0.266 e. The maximum absolute atomic E-state index is 13.1. The molecule has 0 amide bonds. The van der Waals surface area contributed by atoms with Crippen LogP contribution in [0.5, 0.6) is 0 Å². The second kappa shape index (κ2) is 6.40. The fourth-order valence-electron chi connectivity index (χ4n) is 2.77. The third-order valence-electron chi connectivity index (χ3n) is 4.15. The number of halogens is 1. The van der Waals surface area contributed by atoms with Crippen molar-refractivity contribution in [1.29, 1.82) is 0 Å². The molecule has 3 aromatic rings. The first kappa shape index (κ1) is 16.7. The minimum Gasteiger partial charge on any atom is -0.398 e. The number of nitrogen functional groups attached to an aromatic ring is 1. The van der Waals surface area contributed by atoms with Crippen molar-refractivity contribution in [2.75, 3.05) is 5.73 Å². The van der Waals surface area contributed by atoms with E-state index in [4.69, 9.17) is 10.7 Å². The molecule has 1 heterocycles. The number of benzene rings is 2. The lowest BCUT2D eigenvalue weighted by atomic mass is 10.1. The molecule has 1 aromatic heterocycles. The summed E-state index contributed by atoms with van der Waals surface area (Å²) in [4.78, 5) is 17.9. The van der Waals surface area contributed by atoms with Crippen molar-refractivity contribution in [1.82, 2.24) is 9.55 Å². The highest BCUT2D eigenvalue weighted by Gasteiger charge is 2.17. The van der Waals surface area contributed by atoms with Gasteiger partial charge in [-0.2, -0.15) is 0 Å². The number of hydrogen-bond donors (Lipinski definition) is 1. The van der Waals surface area contributed by atoms with Gasteiger partial charge in [-0.1, -0.05) is 32.9 Å². The number of aryl methyl sites for hydroxylation is 1. The minimum atomic E-state index is -0.0753. The highest BCUT2D eigenvalue weighted by Crippen LogP contribution is 2.28. The molecule has 0 atom stereocenters. The lowest BCUT2D eigenvalue weighted by molar-refractivity contribution is 0.722. The summed E-state index contributed by atoms with van der Waals surface area (Å²) in [6.45, 7) is 6.18. The highest BCUT2D eigenvalue weighted by atomic mass is 79.9. The zero-order chi connectivity index (χ0) is 17.4. The average molecular weight is 386 g/mol. The molecule has 0 unspecified atom stereocenters. The zero-order valence-corrected chi connectivity index (χ0v) is 15.6. The van der Waals surface area contributed by atoms with Gasteiger partial charge in [-0.3, -0.25) is 9.36 Å². The lowest BCUT2D eigenvalue weighted by Crippen LogP contribution is -2.25. The molecule has 3 rings (SSSR count). The Balaban J connectivity index is 2.37. The molecular weight excluding hydrogens is 366 g/mol. The molecule has 0 aliphatic carbocycles. The van der Waals surface area contributed by atoms with Gasteiger partial charge < -0.3 is 5.73 Å². The van der Waals surface area contributed by atoms with Crippen molar-refractivity contribution in [3.05, 3.63) is 62.6 Å². The van der Waals surface area contributed by atoms with Crippen LogP contribution < -0.4 is 11.3 Å². The van der Waals surface area contributed by atoms with Crippen LogP contribution in [0.15, 0.2) is 45.7 Å². The molecule has 0 saturated carbocycles. The Bertz CT molecular complexity index is 959. The molecule has 4 nitrogen and oxygen atoms in total. The van der Waals surface area contributed by atoms with E-state index in [0.717, 1.165) is 17.9 Å². The van der Waals surface area contributed by atoms with E-state index in [2.05, 4.69) is 35.0 Å². The Morgan fingerprint density at radius 1 is 1.17 bits per heavy atom. The van der Waals surface area contributed by atoms with Gasteiger partial charge in [-0.05, 0) is 52.2 Å². The first-order valence-electron chi connectivity index (χ1n) is 8.04. The molecule has 0 spiro atoms. The molecule has 0 fully saturated rings. The largest absolute Gasteiger partial charge is 0.398 e. The molecule has 5 heteroatoms. The fraction of sp³-hybridized carbons (Fsp3) is 0.263. The summed E-state index contributed by atoms with van der Waals surface area (Å²) in [5, 5.41) is 0.556. The van der Waals surface area contributed by atoms with Crippen LogP contribution in [-0.2, 0) is 6.42 Å². The molecule has 2 N–H and O–H groups in total. The number of nitrogens with two attached hydrogens (primary N) is 1. The van der Waals surface area contributed by atoms with Gasteiger partial charge in [0.05, 0.1) is 21.1 Å². The van der Waals surface area contributed by atoms with Gasteiger partial charge in [0, 0.05) is 11.6 Å². The third kappa shape index (κ3) is 2.73. The molecule has 24 heavy (non-hydrogen) atoms. The van der Waals surface area contributed by atoms with E-state index < -0.39 is 0 Å². The van der Waals surface area contributed by atoms with Gasteiger partial charge in [0.1, 0.15) is 5.82 Å². The Hall–Kier alpha value is -2.14. The second-order valence-electron chi connectivity index (χ2n) is 6.15. The predicted molar refractivity (Wildman–Crippen MR) is 103 cm³/mol. The average Bonchev–Trinajstić information content (AvgIpc) is 2.58. The van der Waals surface area contributed by atoms with Gasteiger partial charge in [0.2, 0.25) is 0 Å². The zero-order valence-electron chi connectivity index (χ0n) is 14.0. The predicted octanol–water partition coefficient (Wildman–Crippen LogP) is 4.42. The number of hydrogen-bond acceptors (Lipinski definition) is 3. The van der Waals surface area contributed by atoms with Crippen LogP contribution in [0.4, 0.5) is 5.69 Å². The Kier molecular flexibility index (Phi) is 4.45. The monoisotopic (exact) mass is 385 g/mol. The molecule has 0 saturated heterocycles. The summed E-state index contributed by atoms with van der Waals surface area (Å²) in [5.74, 6) is 0.823. The van der Waals surface area contributed by atoms with Crippen molar-refractivity contribution in [3.8, 4) is 5.69 Å². The van der Waals surface area contributed by atoms with E-state index in [-0.39, 0.29) is 11.5 Å². The van der Waals surface area contributed by atoms with Gasteiger partial charge in [-0.15, -0.1) is 0 Å². The minimum absolute atomic E-state index is 0.0753. The van der Waals surface area contributed by atoms with E-state index in [1.807, 2.05) is 26.0 Å². The van der Waals surface area contributed by atoms with Crippen molar-refractivity contribution < 1.29 is 0 Å². The topological polar surface area (TPSA) is 60.9 Å². The number of aromatic nitrogens is 2. The van der Waals surface area contributed by atoms with E-state index in [9.17, 15) is 4.79 Å². The number of rotatable bonds is 3. The summed E-state index contributed by atoms with van der Waals surface area (Å²) in [5.41, 5.74) is 9.14. The molecule has 2 aromatic carbocycles. The van der Waals surface area contributed by atoms with Gasteiger partial charge in [0.15, 0.2) is 0 Å².